The molecular weight excluding hydrogens is 200 g/mol. The van der Waals surface area contributed by atoms with Crippen LogP contribution >= 0.6 is 0 Å². The van der Waals surface area contributed by atoms with Gasteiger partial charge in [-0.15, -0.1) is 0 Å². The van der Waals surface area contributed by atoms with Crippen LogP contribution in [0.5, 0.6) is 0 Å². The van der Waals surface area contributed by atoms with Gasteiger partial charge in [-0.05, 0) is 32.1 Å². The Labute approximate surface area is 101 Å². The minimum absolute atomic E-state index is 0.0138. The molecule has 0 fully saturated rings. The Balaban J connectivity index is 3.17. The Morgan fingerprint density at radius 1 is 0.875 bits per heavy atom. The third-order valence-electron chi connectivity index (χ3n) is 2.73. The van der Waals surface area contributed by atoms with Crippen molar-refractivity contribution >= 4 is 0 Å². The van der Waals surface area contributed by atoms with Crippen LogP contribution < -0.4 is 0 Å². The maximum atomic E-state index is 5.14. The van der Waals surface area contributed by atoms with Gasteiger partial charge in [0.05, 0.1) is 0 Å². The molecule has 0 saturated heterocycles. The molecule has 0 saturated carbocycles. The van der Waals surface area contributed by atoms with Crippen molar-refractivity contribution in [3.05, 3.63) is 12.2 Å². The van der Waals surface area contributed by atoms with Crippen molar-refractivity contribution in [1.82, 2.24) is 0 Å². The first-order chi connectivity index (χ1) is 7.85. The minimum atomic E-state index is -0.0138. The van der Waals surface area contributed by atoms with E-state index in [1.807, 2.05) is 0 Å². The molecule has 2 heteroatoms. The summed E-state index contributed by atoms with van der Waals surface area (Å²) in [6.07, 6.45) is 14.4. The van der Waals surface area contributed by atoms with Gasteiger partial charge < -0.3 is 9.47 Å². The van der Waals surface area contributed by atoms with Crippen LogP contribution in [0.15, 0.2) is 12.2 Å². The monoisotopic (exact) mass is 228 g/mol. The van der Waals surface area contributed by atoms with E-state index in [1.54, 1.807) is 14.2 Å². The van der Waals surface area contributed by atoms with Crippen LogP contribution in [-0.4, -0.2) is 20.5 Å². The van der Waals surface area contributed by atoms with E-state index in [0.717, 1.165) is 6.42 Å². The van der Waals surface area contributed by atoms with Crippen molar-refractivity contribution in [3.63, 3.8) is 0 Å². The highest BCUT2D eigenvalue weighted by Gasteiger charge is 2.02. The number of allylic oxidation sites excluding steroid dienone is 2. The van der Waals surface area contributed by atoms with Crippen LogP contribution in [0.25, 0.3) is 0 Å². The summed E-state index contributed by atoms with van der Waals surface area (Å²) in [5, 5.41) is 0. The fourth-order valence-electron chi connectivity index (χ4n) is 1.64. The Morgan fingerprint density at radius 3 is 2.06 bits per heavy atom. The molecule has 0 bridgehead atoms. The number of methoxy groups -OCH3 is 2. The molecule has 0 amide bonds. The number of ether oxygens (including phenoxy) is 2. The van der Waals surface area contributed by atoms with Crippen molar-refractivity contribution in [2.75, 3.05) is 14.2 Å². The van der Waals surface area contributed by atoms with Crippen LogP contribution in [0.2, 0.25) is 0 Å². The lowest BCUT2D eigenvalue weighted by Gasteiger charge is -2.12. The number of rotatable bonds is 11. The SMILES string of the molecule is CCCC/C=C\CCCCCC(OC)OC. The van der Waals surface area contributed by atoms with Crippen LogP contribution in [0, 0.1) is 0 Å². The third kappa shape index (κ3) is 10.2. The molecule has 0 N–H and O–H groups in total. The van der Waals surface area contributed by atoms with Crippen LogP contribution in [0.1, 0.15) is 58.3 Å². The second-order valence-electron chi connectivity index (χ2n) is 4.15. The summed E-state index contributed by atoms with van der Waals surface area (Å²) in [6.45, 7) is 2.23. The Kier molecular flexibility index (Phi) is 12.5. The molecule has 0 radical (unpaired) electrons. The van der Waals surface area contributed by atoms with Gasteiger partial charge in [0.25, 0.3) is 0 Å². The minimum Gasteiger partial charge on any atom is -0.356 e. The number of hydrogen-bond donors (Lipinski definition) is 0. The lowest BCUT2D eigenvalue weighted by Crippen LogP contribution is -2.12. The lowest BCUT2D eigenvalue weighted by molar-refractivity contribution is -0.107. The van der Waals surface area contributed by atoms with E-state index in [2.05, 4.69) is 19.1 Å². The number of unbranched alkanes of at least 4 members (excludes halogenated alkanes) is 5. The highest BCUT2D eigenvalue weighted by atomic mass is 16.7. The number of hydrogen-bond acceptors (Lipinski definition) is 2. The van der Waals surface area contributed by atoms with Crippen LogP contribution in [0.3, 0.4) is 0 Å². The fourth-order valence-corrected chi connectivity index (χ4v) is 1.64. The third-order valence-corrected chi connectivity index (χ3v) is 2.73. The first kappa shape index (κ1) is 15.7. The van der Waals surface area contributed by atoms with E-state index >= 15 is 0 Å². The molecule has 0 spiro atoms. The first-order valence-corrected chi connectivity index (χ1v) is 6.55. The first-order valence-electron chi connectivity index (χ1n) is 6.55. The van der Waals surface area contributed by atoms with Gasteiger partial charge in [0, 0.05) is 14.2 Å². The van der Waals surface area contributed by atoms with E-state index in [1.165, 1.54) is 44.9 Å². The zero-order valence-electron chi connectivity index (χ0n) is 11.2. The van der Waals surface area contributed by atoms with Gasteiger partial charge >= 0.3 is 0 Å². The Morgan fingerprint density at radius 2 is 1.50 bits per heavy atom. The molecule has 0 rings (SSSR count). The summed E-state index contributed by atoms with van der Waals surface area (Å²) < 4.78 is 10.3. The molecule has 96 valence electrons. The van der Waals surface area contributed by atoms with E-state index in [-0.39, 0.29) is 6.29 Å². The van der Waals surface area contributed by atoms with Crippen molar-refractivity contribution in [1.29, 1.82) is 0 Å². The van der Waals surface area contributed by atoms with Gasteiger partial charge in [-0.2, -0.15) is 0 Å². The molecule has 0 aromatic heterocycles. The topological polar surface area (TPSA) is 18.5 Å². The largest absolute Gasteiger partial charge is 0.356 e. The second-order valence-corrected chi connectivity index (χ2v) is 4.15. The zero-order valence-corrected chi connectivity index (χ0v) is 11.2. The van der Waals surface area contributed by atoms with Crippen molar-refractivity contribution in [3.8, 4) is 0 Å². The maximum absolute atomic E-state index is 5.14. The van der Waals surface area contributed by atoms with Gasteiger partial charge in [-0.3, -0.25) is 0 Å². The van der Waals surface area contributed by atoms with E-state index in [9.17, 15) is 0 Å². The normalized spacial score (nSPS) is 11.8. The van der Waals surface area contributed by atoms with Crippen LogP contribution in [-0.2, 0) is 9.47 Å². The summed E-state index contributed by atoms with van der Waals surface area (Å²) in [4.78, 5) is 0. The van der Waals surface area contributed by atoms with E-state index in [0.29, 0.717) is 0 Å². The molecule has 0 atom stereocenters. The predicted molar refractivity (Wildman–Crippen MR) is 69.6 cm³/mol. The highest BCUT2D eigenvalue weighted by Crippen LogP contribution is 2.09. The average molecular weight is 228 g/mol. The molecule has 0 aliphatic rings. The van der Waals surface area contributed by atoms with Crippen molar-refractivity contribution in [2.45, 2.75) is 64.6 Å². The molecule has 16 heavy (non-hydrogen) atoms. The van der Waals surface area contributed by atoms with Gasteiger partial charge in [-0.1, -0.05) is 38.3 Å². The molecule has 0 aliphatic carbocycles. The molecule has 0 aliphatic heterocycles. The van der Waals surface area contributed by atoms with Gasteiger partial charge in [0.15, 0.2) is 6.29 Å². The standard InChI is InChI=1S/C14H28O2/c1-4-5-6-7-8-9-10-11-12-13-14(15-2)16-3/h7-8,14H,4-6,9-13H2,1-3H3/b8-7-. The smallest absolute Gasteiger partial charge is 0.156 e. The highest BCUT2D eigenvalue weighted by molar-refractivity contribution is 4.81. The summed E-state index contributed by atoms with van der Waals surface area (Å²) >= 11 is 0. The van der Waals surface area contributed by atoms with Gasteiger partial charge in [0.1, 0.15) is 0 Å². The quantitative estimate of drug-likeness (QED) is 0.298. The van der Waals surface area contributed by atoms with Gasteiger partial charge in [0.2, 0.25) is 0 Å². The van der Waals surface area contributed by atoms with Crippen molar-refractivity contribution < 1.29 is 9.47 Å². The zero-order chi connectivity index (χ0) is 12.1. The molecule has 2 nitrogen and oxygen atoms in total. The van der Waals surface area contributed by atoms with E-state index in [4.69, 9.17) is 9.47 Å². The van der Waals surface area contributed by atoms with Gasteiger partial charge in [-0.25, -0.2) is 0 Å². The molecule has 0 unspecified atom stereocenters. The molecule has 0 aromatic rings. The summed E-state index contributed by atoms with van der Waals surface area (Å²) in [5.74, 6) is 0. The summed E-state index contributed by atoms with van der Waals surface area (Å²) in [7, 11) is 3.40. The predicted octanol–water partition coefficient (Wildman–Crippen LogP) is 4.30. The molecule has 0 aromatic carbocycles. The lowest BCUT2D eigenvalue weighted by atomic mass is 10.1. The maximum Gasteiger partial charge on any atom is 0.156 e. The van der Waals surface area contributed by atoms with Crippen LogP contribution in [0.4, 0.5) is 0 Å². The second kappa shape index (κ2) is 12.7. The molecule has 0 heterocycles. The average Bonchev–Trinajstić information content (AvgIpc) is 2.32. The summed E-state index contributed by atoms with van der Waals surface area (Å²) in [5.41, 5.74) is 0. The van der Waals surface area contributed by atoms with Crippen molar-refractivity contribution in [2.24, 2.45) is 0 Å². The Bertz CT molecular complexity index is 151. The van der Waals surface area contributed by atoms with E-state index < -0.39 is 0 Å². The fraction of sp³-hybridized carbons (Fsp3) is 0.857. The summed E-state index contributed by atoms with van der Waals surface area (Å²) in [6, 6.07) is 0. The Hall–Kier alpha value is -0.340. The molecular formula is C14H28O2.